The molecule has 0 aromatic heterocycles. The standard InChI is InChI=1S/C30H43N3O4/c1-22(2)32(23(3)4)20-18-31-27(34)30(36-21-24-13-9-8-10-14-24)26-16-12-11-15-25(26)17-19-33(30)28(35)37-29(5,6)7/h8-16,22-23H,17-21H2,1-7H3,(H,31,34). The summed E-state index contributed by atoms with van der Waals surface area (Å²) in [6.45, 7) is 15.6. The summed E-state index contributed by atoms with van der Waals surface area (Å²) >= 11 is 0. The fraction of sp³-hybridized carbons (Fsp3) is 0.533. The van der Waals surface area contributed by atoms with Gasteiger partial charge in [0.1, 0.15) is 5.60 Å². The van der Waals surface area contributed by atoms with E-state index in [4.69, 9.17) is 9.47 Å². The fourth-order valence-corrected chi connectivity index (χ4v) is 4.90. The third-order valence-corrected chi connectivity index (χ3v) is 6.56. The number of ether oxygens (including phenoxy) is 2. The van der Waals surface area contributed by atoms with Gasteiger partial charge >= 0.3 is 6.09 Å². The van der Waals surface area contributed by atoms with E-state index in [0.717, 1.165) is 11.1 Å². The molecule has 1 aliphatic rings. The molecule has 1 atom stereocenters. The van der Waals surface area contributed by atoms with E-state index in [1.165, 1.54) is 4.90 Å². The van der Waals surface area contributed by atoms with Gasteiger partial charge in [0.15, 0.2) is 0 Å². The zero-order chi connectivity index (χ0) is 27.2. The van der Waals surface area contributed by atoms with E-state index in [2.05, 4.69) is 37.9 Å². The lowest BCUT2D eigenvalue weighted by atomic mass is 9.88. The number of rotatable bonds is 9. The molecule has 2 aromatic rings. The maximum absolute atomic E-state index is 14.2. The molecule has 0 saturated heterocycles. The minimum absolute atomic E-state index is 0.159. The van der Waals surface area contributed by atoms with E-state index in [1.54, 1.807) is 0 Å². The van der Waals surface area contributed by atoms with E-state index in [-0.39, 0.29) is 12.5 Å². The molecule has 2 amide bonds. The number of fused-ring (bicyclic) bond motifs is 1. The highest BCUT2D eigenvalue weighted by Gasteiger charge is 2.53. The van der Waals surface area contributed by atoms with E-state index in [0.29, 0.717) is 43.7 Å². The molecule has 0 bridgehead atoms. The van der Waals surface area contributed by atoms with Crippen molar-refractivity contribution >= 4 is 12.0 Å². The Bertz CT molecular complexity index is 1040. The summed E-state index contributed by atoms with van der Waals surface area (Å²) in [5.41, 5.74) is 0.187. The van der Waals surface area contributed by atoms with Crippen molar-refractivity contribution in [1.29, 1.82) is 0 Å². The average Bonchev–Trinajstić information content (AvgIpc) is 2.83. The Balaban J connectivity index is 2.01. The normalized spacial score (nSPS) is 17.7. The molecule has 1 heterocycles. The monoisotopic (exact) mass is 509 g/mol. The second-order valence-electron chi connectivity index (χ2n) is 11.1. The van der Waals surface area contributed by atoms with Crippen LogP contribution in [0.2, 0.25) is 0 Å². The molecule has 0 fully saturated rings. The number of nitrogens with one attached hydrogen (secondary N) is 1. The Morgan fingerprint density at radius 3 is 2.24 bits per heavy atom. The van der Waals surface area contributed by atoms with Crippen molar-refractivity contribution in [3.63, 3.8) is 0 Å². The molecule has 0 saturated carbocycles. The average molecular weight is 510 g/mol. The summed E-state index contributed by atoms with van der Waals surface area (Å²) in [5.74, 6) is -0.367. The maximum atomic E-state index is 14.2. The van der Waals surface area contributed by atoms with Crippen molar-refractivity contribution in [2.24, 2.45) is 0 Å². The molecule has 0 radical (unpaired) electrons. The Morgan fingerprint density at radius 1 is 1.00 bits per heavy atom. The minimum atomic E-state index is -1.66. The summed E-state index contributed by atoms with van der Waals surface area (Å²) in [7, 11) is 0. The van der Waals surface area contributed by atoms with Crippen LogP contribution in [0.15, 0.2) is 54.6 Å². The van der Waals surface area contributed by atoms with Gasteiger partial charge in [-0.05, 0) is 66.0 Å². The number of hydrogen-bond donors (Lipinski definition) is 1. The zero-order valence-electron chi connectivity index (χ0n) is 23.4. The number of amides is 2. The van der Waals surface area contributed by atoms with Gasteiger partial charge in [-0.25, -0.2) is 4.79 Å². The second kappa shape index (κ2) is 12.1. The Morgan fingerprint density at radius 2 is 1.62 bits per heavy atom. The quantitative estimate of drug-likeness (QED) is 0.510. The topological polar surface area (TPSA) is 71.1 Å². The third kappa shape index (κ3) is 6.90. The molecule has 3 rings (SSSR count). The number of carbonyl (C=O) groups is 2. The van der Waals surface area contributed by atoms with Crippen LogP contribution >= 0.6 is 0 Å². The molecule has 202 valence electrons. The first kappa shape index (κ1) is 28.7. The Kier molecular flexibility index (Phi) is 9.37. The summed E-state index contributed by atoms with van der Waals surface area (Å²) in [6.07, 6.45) is 0.0318. The Hall–Kier alpha value is -2.90. The summed E-state index contributed by atoms with van der Waals surface area (Å²) < 4.78 is 12.3. The van der Waals surface area contributed by atoms with Crippen molar-refractivity contribution in [2.45, 2.75) is 84.9 Å². The number of benzene rings is 2. The number of carbonyl (C=O) groups excluding carboxylic acids is 2. The smallest absolute Gasteiger partial charge is 0.413 e. The molecular formula is C30H43N3O4. The summed E-state index contributed by atoms with van der Waals surface area (Å²) in [4.78, 5) is 31.5. The molecule has 1 unspecified atom stereocenters. The molecule has 0 aliphatic carbocycles. The first-order valence-electron chi connectivity index (χ1n) is 13.3. The van der Waals surface area contributed by atoms with Crippen LogP contribution in [0, 0.1) is 0 Å². The van der Waals surface area contributed by atoms with Gasteiger partial charge in [0.05, 0.1) is 6.61 Å². The molecule has 7 heteroatoms. The SMILES string of the molecule is CC(C)N(CCNC(=O)C1(OCc2ccccc2)c2ccccc2CCN1C(=O)OC(C)(C)C)C(C)C. The highest BCUT2D eigenvalue weighted by atomic mass is 16.6. The van der Waals surface area contributed by atoms with Gasteiger partial charge in [0.2, 0.25) is 0 Å². The van der Waals surface area contributed by atoms with E-state index in [1.807, 2.05) is 75.4 Å². The van der Waals surface area contributed by atoms with Crippen LogP contribution in [0.1, 0.15) is 65.2 Å². The van der Waals surface area contributed by atoms with E-state index >= 15 is 0 Å². The van der Waals surface area contributed by atoms with Crippen molar-refractivity contribution in [1.82, 2.24) is 15.1 Å². The lowest BCUT2D eigenvalue weighted by Crippen LogP contribution is -2.63. The van der Waals surface area contributed by atoms with Crippen molar-refractivity contribution in [2.75, 3.05) is 19.6 Å². The van der Waals surface area contributed by atoms with Crippen molar-refractivity contribution < 1.29 is 19.1 Å². The predicted octanol–water partition coefficient (Wildman–Crippen LogP) is 5.08. The van der Waals surface area contributed by atoms with Gasteiger partial charge in [-0.2, -0.15) is 0 Å². The first-order chi connectivity index (χ1) is 17.5. The van der Waals surface area contributed by atoms with Crippen LogP contribution in [0.25, 0.3) is 0 Å². The third-order valence-electron chi connectivity index (χ3n) is 6.56. The highest BCUT2D eigenvalue weighted by molar-refractivity contribution is 5.90. The van der Waals surface area contributed by atoms with Crippen molar-refractivity contribution in [3.05, 3.63) is 71.3 Å². The summed E-state index contributed by atoms with van der Waals surface area (Å²) in [6, 6.07) is 18.1. The Labute approximate surface area is 222 Å². The molecular weight excluding hydrogens is 466 g/mol. The van der Waals surface area contributed by atoms with Gasteiger partial charge in [-0.15, -0.1) is 0 Å². The largest absolute Gasteiger partial charge is 0.444 e. The fourth-order valence-electron chi connectivity index (χ4n) is 4.90. The molecule has 37 heavy (non-hydrogen) atoms. The molecule has 2 aromatic carbocycles. The summed E-state index contributed by atoms with van der Waals surface area (Å²) in [5, 5.41) is 3.10. The van der Waals surface area contributed by atoms with Crippen LogP contribution in [-0.4, -0.2) is 59.1 Å². The van der Waals surface area contributed by atoms with Crippen LogP contribution in [-0.2, 0) is 33.0 Å². The molecule has 0 spiro atoms. The van der Waals surface area contributed by atoms with Gasteiger partial charge in [-0.1, -0.05) is 54.6 Å². The van der Waals surface area contributed by atoms with Gasteiger partial charge in [0.25, 0.3) is 11.6 Å². The van der Waals surface area contributed by atoms with Crippen molar-refractivity contribution in [3.8, 4) is 0 Å². The van der Waals surface area contributed by atoms with Gasteiger partial charge < -0.3 is 14.8 Å². The van der Waals surface area contributed by atoms with E-state index < -0.39 is 17.4 Å². The first-order valence-corrected chi connectivity index (χ1v) is 13.3. The molecule has 7 nitrogen and oxygen atoms in total. The lowest BCUT2D eigenvalue weighted by molar-refractivity contribution is -0.188. The molecule has 1 aliphatic heterocycles. The van der Waals surface area contributed by atoms with E-state index in [9.17, 15) is 9.59 Å². The van der Waals surface area contributed by atoms with Crippen LogP contribution < -0.4 is 5.32 Å². The second-order valence-corrected chi connectivity index (χ2v) is 11.1. The van der Waals surface area contributed by atoms with Crippen LogP contribution in [0.4, 0.5) is 4.79 Å². The van der Waals surface area contributed by atoms with Crippen LogP contribution in [0.5, 0.6) is 0 Å². The molecule has 1 N–H and O–H groups in total. The highest BCUT2D eigenvalue weighted by Crippen LogP contribution is 2.39. The maximum Gasteiger partial charge on any atom is 0.413 e. The van der Waals surface area contributed by atoms with Crippen LogP contribution in [0.3, 0.4) is 0 Å². The minimum Gasteiger partial charge on any atom is -0.444 e. The lowest BCUT2D eigenvalue weighted by Gasteiger charge is -2.46. The number of nitrogens with zero attached hydrogens (tertiary/aromatic N) is 2. The number of hydrogen-bond acceptors (Lipinski definition) is 5. The van der Waals surface area contributed by atoms with Gasteiger partial charge in [-0.3, -0.25) is 14.6 Å². The zero-order valence-corrected chi connectivity index (χ0v) is 23.4. The van der Waals surface area contributed by atoms with Gasteiger partial charge in [0, 0.05) is 37.3 Å². The predicted molar refractivity (Wildman–Crippen MR) is 146 cm³/mol.